The molecule has 1 aromatic rings. The number of benzene rings is 1. The number of aryl methyl sites for hydroxylation is 1. The molecule has 0 aliphatic rings. The van der Waals surface area contributed by atoms with Gasteiger partial charge in [0.25, 0.3) is 0 Å². The van der Waals surface area contributed by atoms with Crippen molar-refractivity contribution in [2.45, 2.75) is 39.5 Å². The molecule has 0 spiro atoms. The van der Waals surface area contributed by atoms with E-state index < -0.39 is 0 Å². The lowest BCUT2D eigenvalue weighted by atomic mass is 9.99. The lowest BCUT2D eigenvalue weighted by Crippen LogP contribution is -2.04. The minimum atomic E-state index is 0.223. The highest BCUT2D eigenvalue weighted by Gasteiger charge is 2.10. The first kappa shape index (κ1) is 13.8. The second-order valence-electron chi connectivity index (χ2n) is 4.68. The third-order valence-electron chi connectivity index (χ3n) is 2.83. The number of aliphatic hydroxyl groups excluding tert-OH is 1. The van der Waals surface area contributed by atoms with Gasteiger partial charge in [-0.2, -0.15) is 0 Å². The Bertz CT molecular complexity index is 361. The lowest BCUT2D eigenvalue weighted by Gasteiger charge is -2.16. The van der Waals surface area contributed by atoms with Crippen LogP contribution in [-0.4, -0.2) is 18.3 Å². The Labute approximate surface area is 104 Å². The molecule has 17 heavy (non-hydrogen) atoms. The molecular weight excluding hydrogens is 214 g/mol. The van der Waals surface area contributed by atoms with E-state index in [0.717, 1.165) is 35.4 Å². The molecule has 96 valence electrons. The quantitative estimate of drug-likeness (QED) is 0.591. The van der Waals surface area contributed by atoms with Crippen LogP contribution in [0.15, 0.2) is 12.1 Å². The highest BCUT2D eigenvalue weighted by atomic mass is 16.5. The largest absolute Gasteiger partial charge is 0.493 e. The molecule has 1 rings (SSSR count). The summed E-state index contributed by atoms with van der Waals surface area (Å²) in [6.45, 7) is 7.11. The normalized spacial score (nSPS) is 10.9. The number of ether oxygens (including phenoxy) is 1. The van der Waals surface area contributed by atoms with Gasteiger partial charge in [-0.1, -0.05) is 13.8 Å². The van der Waals surface area contributed by atoms with Crippen LogP contribution in [0.1, 0.15) is 43.7 Å². The van der Waals surface area contributed by atoms with Crippen LogP contribution in [-0.2, 0) is 0 Å². The number of hydrogen-bond acceptors (Lipinski definition) is 3. The Morgan fingerprint density at radius 1 is 1.29 bits per heavy atom. The van der Waals surface area contributed by atoms with E-state index >= 15 is 0 Å². The first-order valence-corrected chi connectivity index (χ1v) is 6.20. The number of nitrogens with two attached hydrogens (primary N) is 1. The average Bonchev–Trinajstić information content (AvgIpc) is 2.28. The molecular formula is C14H23NO2. The minimum Gasteiger partial charge on any atom is -0.493 e. The maximum absolute atomic E-state index is 8.71. The van der Waals surface area contributed by atoms with Gasteiger partial charge in [-0.25, -0.2) is 0 Å². The molecule has 0 bridgehead atoms. The Kier molecular flexibility index (Phi) is 5.29. The second-order valence-corrected chi connectivity index (χ2v) is 4.68. The number of unbranched alkanes of at least 4 members (excludes halogenated alkanes) is 1. The molecule has 3 N–H and O–H groups in total. The van der Waals surface area contributed by atoms with Crippen molar-refractivity contribution in [3.63, 3.8) is 0 Å². The predicted octanol–water partition coefficient (Wildman–Crippen LogP) is 2.85. The molecule has 0 amide bonds. The summed E-state index contributed by atoms with van der Waals surface area (Å²) in [5.74, 6) is 1.32. The molecule has 0 aromatic heterocycles. The topological polar surface area (TPSA) is 55.5 Å². The van der Waals surface area contributed by atoms with E-state index in [1.165, 1.54) is 0 Å². The minimum absolute atomic E-state index is 0.223. The van der Waals surface area contributed by atoms with Crippen molar-refractivity contribution in [2.24, 2.45) is 0 Å². The Morgan fingerprint density at radius 3 is 2.59 bits per heavy atom. The predicted molar refractivity (Wildman–Crippen MR) is 71.5 cm³/mol. The first-order valence-electron chi connectivity index (χ1n) is 6.20. The average molecular weight is 237 g/mol. The second kappa shape index (κ2) is 6.50. The molecule has 0 fully saturated rings. The van der Waals surface area contributed by atoms with Gasteiger partial charge in [0, 0.05) is 12.3 Å². The number of anilines is 1. The van der Waals surface area contributed by atoms with Crippen LogP contribution in [0.5, 0.6) is 5.75 Å². The van der Waals surface area contributed by atoms with E-state index in [1.807, 2.05) is 19.1 Å². The van der Waals surface area contributed by atoms with Crippen molar-refractivity contribution in [2.75, 3.05) is 18.9 Å². The van der Waals surface area contributed by atoms with Gasteiger partial charge < -0.3 is 15.6 Å². The van der Waals surface area contributed by atoms with Crippen LogP contribution in [0.4, 0.5) is 5.69 Å². The Morgan fingerprint density at radius 2 is 2.00 bits per heavy atom. The van der Waals surface area contributed by atoms with Crippen LogP contribution in [0, 0.1) is 6.92 Å². The van der Waals surface area contributed by atoms with Gasteiger partial charge in [0.2, 0.25) is 0 Å². The summed E-state index contributed by atoms with van der Waals surface area (Å²) in [5, 5.41) is 8.71. The van der Waals surface area contributed by atoms with E-state index in [2.05, 4.69) is 13.8 Å². The van der Waals surface area contributed by atoms with E-state index in [1.54, 1.807) is 0 Å². The van der Waals surface area contributed by atoms with E-state index in [-0.39, 0.29) is 6.61 Å². The van der Waals surface area contributed by atoms with Gasteiger partial charge in [-0.3, -0.25) is 0 Å². The van der Waals surface area contributed by atoms with Gasteiger partial charge in [0.1, 0.15) is 5.75 Å². The molecule has 3 heteroatoms. The van der Waals surface area contributed by atoms with Gasteiger partial charge in [0.05, 0.1) is 6.61 Å². The van der Waals surface area contributed by atoms with Crippen molar-refractivity contribution < 1.29 is 9.84 Å². The monoisotopic (exact) mass is 237 g/mol. The van der Waals surface area contributed by atoms with E-state index in [4.69, 9.17) is 15.6 Å². The smallest absolute Gasteiger partial charge is 0.123 e. The molecule has 1 aromatic carbocycles. The summed E-state index contributed by atoms with van der Waals surface area (Å²) >= 11 is 0. The maximum Gasteiger partial charge on any atom is 0.123 e. The molecule has 0 heterocycles. The highest BCUT2D eigenvalue weighted by Crippen LogP contribution is 2.31. The third kappa shape index (κ3) is 3.93. The zero-order valence-electron chi connectivity index (χ0n) is 11.0. The van der Waals surface area contributed by atoms with Gasteiger partial charge in [-0.05, 0) is 48.9 Å². The molecule has 0 unspecified atom stereocenters. The number of hydrogen-bond donors (Lipinski definition) is 2. The van der Waals surface area contributed by atoms with Gasteiger partial charge >= 0.3 is 0 Å². The highest BCUT2D eigenvalue weighted by molar-refractivity contribution is 5.55. The summed E-state index contributed by atoms with van der Waals surface area (Å²) in [6.07, 6.45) is 1.66. The maximum atomic E-state index is 8.71. The fourth-order valence-corrected chi connectivity index (χ4v) is 1.69. The van der Waals surface area contributed by atoms with Crippen LogP contribution >= 0.6 is 0 Å². The zero-order chi connectivity index (χ0) is 12.8. The van der Waals surface area contributed by atoms with Crippen molar-refractivity contribution in [1.82, 2.24) is 0 Å². The molecule has 0 atom stereocenters. The molecule has 0 radical (unpaired) electrons. The summed E-state index contributed by atoms with van der Waals surface area (Å²) in [5.41, 5.74) is 8.93. The molecule has 0 saturated carbocycles. The standard InChI is InChI=1S/C14H23NO2/c1-10(2)12-9-13(15)11(3)8-14(12)17-7-5-4-6-16/h8-10,16H,4-7,15H2,1-3H3. The number of nitrogen functional groups attached to an aromatic ring is 1. The molecule has 0 aliphatic heterocycles. The summed E-state index contributed by atoms with van der Waals surface area (Å²) in [4.78, 5) is 0. The van der Waals surface area contributed by atoms with E-state index in [9.17, 15) is 0 Å². The first-order chi connectivity index (χ1) is 8.06. The molecule has 0 saturated heterocycles. The van der Waals surface area contributed by atoms with Crippen molar-refractivity contribution >= 4 is 5.69 Å². The van der Waals surface area contributed by atoms with Crippen molar-refractivity contribution in [3.8, 4) is 5.75 Å². The third-order valence-corrected chi connectivity index (χ3v) is 2.83. The zero-order valence-corrected chi connectivity index (χ0v) is 11.0. The number of aliphatic hydroxyl groups is 1. The van der Waals surface area contributed by atoms with Crippen LogP contribution in [0.2, 0.25) is 0 Å². The summed E-state index contributed by atoms with van der Waals surface area (Å²) in [6, 6.07) is 4.00. The van der Waals surface area contributed by atoms with E-state index in [0.29, 0.717) is 12.5 Å². The summed E-state index contributed by atoms with van der Waals surface area (Å²) in [7, 11) is 0. The summed E-state index contributed by atoms with van der Waals surface area (Å²) < 4.78 is 5.77. The molecule has 0 aliphatic carbocycles. The van der Waals surface area contributed by atoms with Crippen molar-refractivity contribution in [1.29, 1.82) is 0 Å². The van der Waals surface area contributed by atoms with Crippen LogP contribution < -0.4 is 10.5 Å². The Hall–Kier alpha value is -1.22. The Balaban J connectivity index is 2.78. The van der Waals surface area contributed by atoms with Crippen LogP contribution in [0.3, 0.4) is 0 Å². The van der Waals surface area contributed by atoms with Gasteiger partial charge in [0.15, 0.2) is 0 Å². The SMILES string of the molecule is Cc1cc(OCCCCO)c(C(C)C)cc1N. The van der Waals surface area contributed by atoms with Crippen molar-refractivity contribution in [3.05, 3.63) is 23.3 Å². The fraction of sp³-hybridized carbons (Fsp3) is 0.571. The number of rotatable bonds is 6. The lowest BCUT2D eigenvalue weighted by molar-refractivity contribution is 0.252. The van der Waals surface area contributed by atoms with Gasteiger partial charge in [-0.15, -0.1) is 0 Å². The van der Waals surface area contributed by atoms with Crippen LogP contribution in [0.25, 0.3) is 0 Å². The molecule has 3 nitrogen and oxygen atoms in total. The fourth-order valence-electron chi connectivity index (χ4n) is 1.69.